The fraction of sp³-hybridized carbons (Fsp3) is 1.00. The summed E-state index contributed by atoms with van der Waals surface area (Å²) in [6, 6.07) is 1.72. The Bertz CT molecular complexity index is 193. The fourth-order valence-electron chi connectivity index (χ4n) is 3.57. The van der Waals surface area contributed by atoms with Crippen LogP contribution < -0.4 is 5.32 Å². The van der Waals surface area contributed by atoms with Gasteiger partial charge in [0.2, 0.25) is 0 Å². The van der Waals surface area contributed by atoms with E-state index in [4.69, 9.17) is 0 Å². The Labute approximate surface area is 94.4 Å². The highest BCUT2D eigenvalue weighted by Crippen LogP contribution is 2.33. The second kappa shape index (κ2) is 5.31. The van der Waals surface area contributed by atoms with Gasteiger partial charge in [-0.1, -0.05) is 12.8 Å². The lowest BCUT2D eigenvalue weighted by Crippen LogP contribution is -2.48. The van der Waals surface area contributed by atoms with Crippen LogP contribution in [-0.4, -0.2) is 37.1 Å². The average Bonchev–Trinajstić information content (AvgIpc) is 2.67. The lowest BCUT2D eigenvalue weighted by Gasteiger charge is -2.40. The molecule has 0 aromatic carbocycles. The summed E-state index contributed by atoms with van der Waals surface area (Å²) in [5, 5.41) is 3.37. The number of nitrogens with one attached hydrogen (secondary N) is 1. The molecular weight excluding hydrogens is 184 g/mol. The molecule has 3 atom stereocenters. The first-order valence-electron chi connectivity index (χ1n) is 6.73. The molecule has 0 aromatic rings. The molecular formula is C13H26N2. The molecule has 0 aromatic heterocycles. The smallest absolute Gasteiger partial charge is 0.0138 e. The van der Waals surface area contributed by atoms with Gasteiger partial charge in [-0.15, -0.1) is 0 Å². The minimum atomic E-state index is 0.834. The largest absolute Gasteiger partial charge is 0.319 e. The van der Waals surface area contributed by atoms with Crippen LogP contribution in [0.25, 0.3) is 0 Å². The molecule has 0 amide bonds. The van der Waals surface area contributed by atoms with E-state index < -0.39 is 0 Å². The van der Waals surface area contributed by atoms with Gasteiger partial charge < -0.3 is 5.32 Å². The van der Waals surface area contributed by atoms with Gasteiger partial charge in [0.05, 0.1) is 0 Å². The predicted octanol–water partition coefficient (Wildman–Crippen LogP) is 2.25. The highest BCUT2D eigenvalue weighted by Gasteiger charge is 2.34. The van der Waals surface area contributed by atoms with E-state index in [9.17, 15) is 0 Å². The molecule has 1 heterocycles. The van der Waals surface area contributed by atoms with Crippen molar-refractivity contribution < 1.29 is 0 Å². The third-order valence-corrected chi connectivity index (χ3v) is 4.37. The number of piperidine rings is 1. The monoisotopic (exact) mass is 210 g/mol. The Kier molecular flexibility index (Phi) is 4.04. The van der Waals surface area contributed by atoms with Gasteiger partial charge >= 0.3 is 0 Å². The van der Waals surface area contributed by atoms with Gasteiger partial charge in [0, 0.05) is 12.1 Å². The summed E-state index contributed by atoms with van der Waals surface area (Å²) in [6.07, 6.45) is 8.61. The second-order valence-corrected chi connectivity index (χ2v) is 5.40. The number of nitrogens with zero attached hydrogens (tertiary/aromatic N) is 1. The molecule has 0 radical (unpaired) electrons. The summed E-state index contributed by atoms with van der Waals surface area (Å²) in [4.78, 5) is 2.80. The highest BCUT2D eigenvalue weighted by molar-refractivity contribution is 4.89. The standard InChI is InChI=1S/C13H26N2/c1-11-6-3-4-9-15(11)13-8-5-7-12(13)10-14-2/h11-14H,3-10H2,1-2H3. The van der Waals surface area contributed by atoms with Crippen LogP contribution >= 0.6 is 0 Å². The minimum absolute atomic E-state index is 0.834. The van der Waals surface area contributed by atoms with Crippen molar-refractivity contribution in [2.45, 2.75) is 57.5 Å². The molecule has 1 saturated carbocycles. The van der Waals surface area contributed by atoms with Crippen LogP contribution in [-0.2, 0) is 0 Å². The van der Waals surface area contributed by atoms with Crippen LogP contribution in [0.3, 0.4) is 0 Å². The van der Waals surface area contributed by atoms with Crippen molar-refractivity contribution in [2.75, 3.05) is 20.1 Å². The van der Waals surface area contributed by atoms with Gasteiger partial charge in [0.15, 0.2) is 0 Å². The molecule has 2 rings (SSSR count). The Morgan fingerprint density at radius 2 is 2.00 bits per heavy atom. The van der Waals surface area contributed by atoms with Crippen molar-refractivity contribution in [3.05, 3.63) is 0 Å². The van der Waals surface area contributed by atoms with Gasteiger partial charge in [0.25, 0.3) is 0 Å². The average molecular weight is 210 g/mol. The summed E-state index contributed by atoms with van der Waals surface area (Å²) < 4.78 is 0. The molecule has 1 N–H and O–H groups in total. The van der Waals surface area contributed by atoms with Crippen LogP contribution in [0.4, 0.5) is 0 Å². The third kappa shape index (κ3) is 2.54. The van der Waals surface area contributed by atoms with E-state index in [-0.39, 0.29) is 0 Å². The maximum Gasteiger partial charge on any atom is 0.0138 e. The second-order valence-electron chi connectivity index (χ2n) is 5.40. The van der Waals surface area contributed by atoms with E-state index in [1.165, 1.54) is 51.6 Å². The molecule has 88 valence electrons. The first-order valence-corrected chi connectivity index (χ1v) is 6.73. The quantitative estimate of drug-likeness (QED) is 0.768. The molecule has 0 bridgehead atoms. The summed E-state index contributed by atoms with van der Waals surface area (Å²) in [5.41, 5.74) is 0. The Balaban J connectivity index is 1.94. The topological polar surface area (TPSA) is 15.3 Å². The lowest BCUT2D eigenvalue weighted by molar-refractivity contribution is 0.0827. The van der Waals surface area contributed by atoms with Gasteiger partial charge in [-0.3, -0.25) is 4.90 Å². The summed E-state index contributed by atoms with van der Waals surface area (Å²) in [7, 11) is 2.09. The number of likely N-dealkylation sites (tertiary alicyclic amines) is 1. The van der Waals surface area contributed by atoms with Gasteiger partial charge in [-0.05, 0) is 58.7 Å². The molecule has 2 aliphatic rings. The first kappa shape index (κ1) is 11.4. The van der Waals surface area contributed by atoms with Crippen molar-refractivity contribution in [3.8, 4) is 0 Å². The van der Waals surface area contributed by atoms with E-state index in [1.807, 2.05) is 0 Å². The Morgan fingerprint density at radius 1 is 1.13 bits per heavy atom. The fourth-order valence-corrected chi connectivity index (χ4v) is 3.57. The summed E-state index contributed by atoms with van der Waals surface area (Å²) in [6.45, 7) is 4.99. The van der Waals surface area contributed by atoms with Crippen molar-refractivity contribution >= 4 is 0 Å². The van der Waals surface area contributed by atoms with Crippen LogP contribution in [0.1, 0.15) is 45.4 Å². The number of hydrogen-bond acceptors (Lipinski definition) is 2. The lowest BCUT2D eigenvalue weighted by atomic mass is 9.95. The molecule has 1 saturated heterocycles. The summed E-state index contributed by atoms with van der Waals surface area (Å²) >= 11 is 0. The molecule has 2 fully saturated rings. The predicted molar refractivity (Wildman–Crippen MR) is 65.1 cm³/mol. The number of hydrogen-bond donors (Lipinski definition) is 1. The molecule has 2 nitrogen and oxygen atoms in total. The summed E-state index contributed by atoms with van der Waals surface area (Å²) in [5.74, 6) is 0.913. The van der Waals surface area contributed by atoms with Crippen LogP contribution in [0.15, 0.2) is 0 Å². The van der Waals surface area contributed by atoms with Crippen LogP contribution in [0, 0.1) is 5.92 Å². The van der Waals surface area contributed by atoms with E-state index in [0.29, 0.717) is 0 Å². The third-order valence-electron chi connectivity index (χ3n) is 4.37. The van der Waals surface area contributed by atoms with Gasteiger partial charge in [-0.25, -0.2) is 0 Å². The Hall–Kier alpha value is -0.0800. The zero-order chi connectivity index (χ0) is 10.7. The highest BCUT2D eigenvalue weighted by atomic mass is 15.2. The van der Waals surface area contributed by atoms with E-state index in [1.54, 1.807) is 0 Å². The molecule has 2 heteroatoms. The van der Waals surface area contributed by atoms with E-state index >= 15 is 0 Å². The molecule has 1 aliphatic carbocycles. The van der Waals surface area contributed by atoms with E-state index in [2.05, 4.69) is 24.2 Å². The van der Waals surface area contributed by atoms with Gasteiger partial charge in [-0.2, -0.15) is 0 Å². The maximum absolute atomic E-state index is 3.37. The zero-order valence-electron chi connectivity index (χ0n) is 10.3. The van der Waals surface area contributed by atoms with Crippen molar-refractivity contribution in [2.24, 2.45) is 5.92 Å². The minimum Gasteiger partial charge on any atom is -0.319 e. The van der Waals surface area contributed by atoms with E-state index in [0.717, 1.165) is 18.0 Å². The molecule has 3 unspecified atom stereocenters. The molecule has 0 spiro atoms. The van der Waals surface area contributed by atoms with Crippen molar-refractivity contribution in [1.29, 1.82) is 0 Å². The Morgan fingerprint density at radius 3 is 2.73 bits per heavy atom. The van der Waals surface area contributed by atoms with Crippen LogP contribution in [0.2, 0.25) is 0 Å². The molecule has 15 heavy (non-hydrogen) atoms. The van der Waals surface area contributed by atoms with Crippen molar-refractivity contribution in [1.82, 2.24) is 10.2 Å². The SMILES string of the molecule is CNCC1CCCC1N1CCCCC1C. The zero-order valence-corrected chi connectivity index (χ0v) is 10.3. The van der Waals surface area contributed by atoms with Crippen LogP contribution in [0.5, 0.6) is 0 Å². The first-order chi connectivity index (χ1) is 7.33. The maximum atomic E-state index is 3.37. The normalized spacial score (nSPS) is 38.4. The van der Waals surface area contributed by atoms with Gasteiger partial charge in [0.1, 0.15) is 0 Å². The van der Waals surface area contributed by atoms with Crippen molar-refractivity contribution in [3.63, 3.8) is 0 Å². The number of rotatable bonds is 3. The molecule has 1 aliphatic heterocycles.